The molecule has 1 aromatic heterocycles. The Hall–Kier alpha value is -12.4. The Balaban J connectivity index is 0.000000339. The number of hydrogen-bond acceptors (Lipinski definition) is 16. The predicted octanol–water partition coefficient (Wildman–Crippen LogP) is 11.7. The SMILES string of the molecule is CC(C)C(=O)NC1CCN(C(N)=O)CC1.CC(C)C(=O)Nc1ccc(C(=N)N)c(F)c1.CC(C)C(=O)Nc1ccc(C(=N)N)cc1Cl.CC(C)C(=O)Nc1ccc(C(=N)N)cc1F.CC(C)C(=O)Nc1ccc2c(N)nccc2c1.CC(C)C(=O)Nc1ccc2c(c1)CN=C2N.Cc1cc(C(=N)N)ccc1NC(=O)C(C)C. The van der Waals surface area contributed by atoms with E-state index in [1.54, 1.807) is 89.0 Å². The van der Waals surface area contributed by atoms with E-state index in [2.05, 4.69) is 47.2 Å². The van der Waals surface area contributed by atoms with Gasteiger partial charge in [-0.3, -0.25) is 60.2 Å². The highest BCUT2D eigenvalue weighted by atomic mass is 35.5. The van der Waals surface area contributed by atoms with Gasteiger partial charge in [-0.2, -0.15) is 0 Å². The molecule has 1 saturated heterocycles. The summed E-state index contributed by atoms with van der Waals surface area (Å²) in [5.41, 5.74) is 45.5. The molecule has 0 atom stereocenters. The number of hydrogen-bond donors (Lipinski definition) is 18. The van der Waals surface area contributed by atoms with E-state index in [-0.39, 0.29) is 129 Å². The van der Waals surface area contributed by atoms with Crippen molar-refractivity contribution in [2.24, 2.45) is 80.8 Å². The average Bonchev–Trinajstić information content (AvgIpc) is 1.42. The third-order valence-corrected chi connectivity index (χ3v) is 16.7. The summed E-state index contributed by atoms with van der Waals surface area (Å²) in [6.07, 6.45) is 3.24. The highest BCUT2D eigenvalue weighted by Crippen LogP contribution is 2.27. The average molecular weight is 1570 g/mol. The van der Waals surface area contributed by atoms with Crippen molar-refractivity contribution < 1.29 is 47.1 Å². The Morgan fingerprint density at radius 3 is 1.31 bits per heavy atom. The van der Waals surface area contributed by atoms with Crippen LogP contribution in [-0.4, -0.2) is 106 Å². The number of likely N-dealkylation sites (tertiary alicyclic amines) is 1. The van der Waals surface area contributed by atoms with Crippen LogP contribution < -0.4 is 77.4 Å². The third-order valence-electron chi connectivity index (χ3n) is 16.4. The zero-order valence-corrected chi connectivity index (χ0v) is 66.7. The molecule has 9 amide bonds. The molecule has 2 aliphatic heterocycles. The summed E-state index contributed by atoms with van der Waals surface area (Å²) in [5.74, 6) is -1.73. The van der Waals surface area contributed by atoms with Crippen LogP contribution in [0.25, 0.3) is 10.8 Å². The van der Waals surface area contributed by atoms with Gasteiger partial charge in [-0.05, 0) is 152 Å². The Morgan fingerprint density at radius 2 is 0.875 bits per heavy atom. The van der Waals surface area contributed by atoms with Gasteiger partial charge in [-0.25, -0.2) is 18.6 Å². The molecule has 602 valence electrons. The molecule has 6 aromatic carbocycles. The Labute approximate surface area is 657 Å². The topological polar surface area (TPSA) is 527 Å². The van der Waals surface area contributed by atoms with Crippen molar-refractivity contribution >= 4 is 139 Å². The number of pyridine rings is 1. The maximum Gasteiger partial charge on any atom is 0.314 e. The number of aryl methyl sites for hydroxylation is 1. The number of aliphatic imine (C=N–C) groups is 1. The molecule has 0 bridgehead atoms. The number of urea groups is 1. The molecular weight excluding hydrogens is 1460 g/mol. The van der Waals surface area contributed by atoms with Gasteiger partial charge in [-0.15, -0.1) is 0 Å². The van der Waals surface area contributed by atoms with Crippen LogP contribution in [0.5, 0.6) is 0 Å². The van der Waals surface area contributed by atoms with E-state index in [0.29, 0.717) is 64.4 Å². The zero-order valence-electron chi connectivity index (χ0n) is 66.0. The summed E-state index contributed by atoms with van der Waals surface area (Å²) < 4.78 is 26.8. The zero-order chi connectivity index (χ0) is 84.7. The van der Waals surface area contributed by atoms with Crippen LogP contribution in [0.4, 0.5) is 53.5 Å². The van der Waals surface area contributed by atoms with Gasteiger partial charge in [0, 0.05) is 117 Å². The summed E-state index contributed by atoms with van der Waals surface area (Å²) in [6.45, 7) is 29.2. The van der Waals surface area contributed by atoms with Crippen molar-refractivity contribution in [1.82, 2.24) is 15.2 Å². The first kappa shape index (κ1) is 93.8. The van der Waals surface area contributed by atoms with Crippen LogP contribution in [0.2, 0.25) is 5.02 Å². The predicted molar refractivity (Wildman–Crippen MR) is 444 cm³/mol. The third kappa shape index (κ3) is 31.3. The van der Waals surface area contributed by atoms with E-state index in [9.17, 15) is 47.1 Å². The van der Waals surface area contributed by atoms with Crippen molar-refractivity contribution in [2.75, 3.05) is 50.7 Å². The number of amidine groups is 5. The Kier molecular flexibility index (Phi) is 37.6. The molecule has 112 heavy (non-hydrogen) atoms. The van der Waals surface area contributed by atoms with E-state index in [1.165, 1.54) is 24.3 Å². The molecule has 32 heteroatoms. The van der Waals surface area contributed by atoms with Gasteiger partial charge < -0.3 is 82.3 Å². The summed E-state index contributed by atoms with van der Waals surface area (Å²) >= 11 is 5.96. The number of amides is 9. The van der Waals surface area contributed by atoms with Crippen molar-refractivity contribution in [1.29, 1.82) is 21.6 Å². The monoisotopic (exact) mass is 1560 g/mol. The number of nitrogens with two attached hydrogens (primary N) is 7. The molecule has 3 heterocycles. The number of halogens is 3. The van der Waals surface area contributed by atoms with Gasteiger partial charge in [0.1, 0.15) is 46.6 Å². The Bertz CT molecular complexity index is 4380. The van der Waals surface area contributed by atoms with E-state index < -0.39 is 11.6 Å². The van der Waals surface area contributed by atoms with Crippen LogP contribution in [0.15, 0.2) is 126 Å². The number of piperidine rings is 1. The summed E-state index contributed by atoms with van der Waals surface area (Å²) in [6, 6.07) is 31.1. The van der Waals surface area contributed by atoms with E-state index in [0.717, 1.165) is 69.5 Å². The van der Waals surface area contributed by atoms with Gasteiger partial charge in [0.15, 0.2) is 0 Å². The largest absolute Gasteiger partial charge is 0.384 e. The fourth-order valence-corrected chi connectivity index (χ4v) is 9.47. The molecule has 0 saturated carbocycles. The highest BCUT2D eigenvalue weighted by Gasteiger charge is 2.24. The summed E-state index contributed by atoms with van der Waals surface area (Å²) in [7, 11) is 0. The minimum atomic E-state index is -0.617. The summed E-state index contributed by atoms with van der Waals surface area (Å²) in [5, 5.41) is 50.2. The number of nitrogen functional groups attached to an aromatic ring is 5. The molecule has 0 spiro atoms. The fourth-order valence-electron chi connectivity index (χ4n) is 9.24. The standard InChI is InChI=1S/C13H15N3O.C12H15N3O.C12H17N3O.C11H14ClN3O.2C11H14FN3O.C10H19N3O2/c1-8(2)13(17)16-10-3-4-11-9(7-10)5-6-15-12(11)14;1-7(2)12(16)15-9-3-4-10-8(5-9)6-14-11(10)13;1-7(2)12(16)15-10-5-4-9(11(13)14)6-8(10)3;2*1-6(2)11(16)15-9-4-3-7(10(13)14)5-8(9)12;1-6(2)11(16)15-7-3-4-8(10(13)14)9(12)5-7;1-7(2)9(14)12-8-3-5-13(6-4-8)10(11)15/h3-8H,1-2H3,(H2,14,15)(H,16,17);3-5,7H,6H2,1-2H3,(H2,13,14)(H,15,16);4-7H,1-3H3,(H3,13,14)(H,15,16);3*3-6H,1-2H3,(H3,13,14)(H,15,16);7-8H,3-6H2,1-2H3,(H2,11,15)(H,12,14). The number of primary amides is 1. The van der Waals surface area contributed by atoms with Crippen LogP contribution in [0.3, 0.4) is 0 Å². The number of benzene rings is 6. The van der Waals surface area contributed by atoms with Gasteiger partial charge in [0.25, 0.3) is 0 Å². The van der Waals surface area contributed by atoms with Gasteiger partial charge in [-0.1, -0.05) is 109 Å². The van der Waals surface area contributed by atoms with Crippen molar-refractivity contribution in [2.45, 2.75) is 129 Å². The molecule has 0 unspecified atom stereocenters. The lowest BCUT2D eigenvalue weighted by Crippen LogP contribution is -2.48. The number of anilines is 7. The molecule has 0 radical (unpaired) electrons. The van der Waals surface area contributed by atoms with Crippen LogP contribution in [-0.2, 0) is 40.1 Å². The number of nitrogens with one attached hydrogen (secondary N) is 11. The molecule has 7 aromatic rings. The second kappa shape index (κ2) is 44.9. The van der Waals surface area contributed by atoms with Crippen molar-refractivity contribution in [3.8, 4) is 0 Å². The molecule has 9 rings (SSSR count). The van der Waals surface area contributed by atoms with Crippen LogP contribution in [0, 0.1) is 81.6 Å². The summed E-state index contributed by atoms with van der Waals surface area (Å²) in [4.78, 5) is 101. The molecule has 1 fully saturated rings. The molecule has 0 aliphatic carbocycles. The van der Waals surface area contributed by atoms with E-state index >= 15 is 0 Å². The normalized spacial score (nSPS) is 11.8. The molecule has 29 nitrogen and oxygen atoms in total. The van der Waals surface area contributed by atoms with Crippen molar-refractivity contribution in [3.05, 3.63) is 177 Å². The lowest BCUT2D eigenvalue weighted by molar-refractivity contribution is -0.125. The maximum atomic E-state index is 13.5. The molecular formula is C80H108ClF2N21O8. The first-order chi connectivity index (χ1) is 52.3. The van der Waals surface area contributed by atoms with Crippen LogP contribution >= 0.6 is 11.6 Å². The second-order valence-electron chi connectivity index (χ2n) is 28.1. The second-order valence-corrected chi connectivity index (χ2v) is 28.5. The lowest BCUT2D eigenvalue weighted by atomic mass is 10.0. The number of fused-ring (bicyclic) bond motifs is 2. The molecule has 2 aliphatic rings. The minimum absolute atomic E-state index is 0.00591. The Morgan fingerprint density at radius 1 is 0.464 bits per heavy atom. The maximum absolute atomic E-state index is 13.5. The lowest BCUT2D eigenvalue weighted by Gasteiger charge is -2.31. The fraction of sp³-hybridized carbons (Fsp3) is 0.350. The molecule has 25 N–H and O–H groups in total. The van der Waals surface area contributed by atoms with Crippen molar-refractivity contribution in [3.63, 3.8) is 0 Å². The number of nitrogens with zero attached hydrogens (tertiary/aromatic N) is 3. The van der Waals surface area contributed by atoms with Gasteiger partial charge in [0.2, 0.25) is 41.4 Å². The van der Waals surface area contributed by atoms with E-state index in [4.69, 9.17) is 73.4 Å². The smallest absolute Gasteiger partial charge is 0.314 e. The first-order valence-corrected chi connectivity index (χ1v) is 36.3. The number of carbonyl (C=O) groups is 8. The number of aromatic nitrogens is 1. The minimum Gasteiger partial charge on any atom is -0.384 e. The van der Waals surface area contributed by atoms with Gasteiger partial charge in [0.05, 0.1) is 28.5 Å². The highest BCUT2D eigenvalue weighted by molar-refractivity contribution is 6.34. The van der Waals surface area contributed by atoms with Gasteiger partial charge >= 0.3 is 6.03 Å². The number of rotatable bonds is 18. The van der Waals surface area contributed by atoms with Crippen LogP contribution in [0.1, 0.15) is 149 Å². The number of carbonyl (C=O) groups excluding carboxylic acids is 8. The van der Waals surface area contributed by atoms with E-state index in [1.807, 2.05) is 105 Å². The first-order valence-electron chi connectivity index (χ1n) is 36.0. The quantitative estimate of drug-likeness (QED) is 0.0280.